The lowest BCUT2D eigenvalue weighted by Gasteiger charge is -2.24. The monoisotopic (exact) mass is 244 g/mol. The highest BCUT2D eigenvalue weighted by molar-refractivity contribution is 5.97. The Labute approximate surface area is 106 Å². The van der Waals surface area contributed by atoms with Gasteiger partial charge in [-0.05, 0) is 12.5 Å². The van der Waals surface area contributed by atoms with E-state index in [9.17, 15) is 4.79 Å². The molecule has 5 heteroatoms. The van der Waals surface area contributed by atoms with E-state index in [1.54, 1.807) is 11.9 Å². The number of nitrogen functional groups attached to an aromatic ring is 1. The summed E-state index contributed by atoms with van der Waals surface area (Å²) in [5.74, 6) is -0.165. The Kier molecular flexibility index (Phi) is 3.32. The summed E-state index contributed by atoms with van der Waals surface area (Å²) in [6, 6.07) is 9.81. The fourth-order valence-corrected chi connectivity index (χ4v) is 1.77. The van der Waals surface area contributed by atoms with Gasteiger partial charge in [-0.2, -0.15) is 5.10 Å². The topological polar surface area (TPSA) is 75.0 Å². The number of nitrogens with one attached hydrogen (secondary N) is 1. The number of carbonyl (C=O) groups is 1. The molecule has 3 N–H and O–H groups in total. The molecule has 1 heterocycles. The first-order valence-corrected chi connectivity index (χ1v) is 5.72. The maximum Gasteiger partial charge on any atom is 0.274 e. The predicted octanol–water partition coefficient (Wildman–Crippen LogP) is 1.83. The van der Waals surface area contributed by atoms with Crippen molar-refractivity contribution in [3.63, 3.8) is 0 Å². The number of H-pyrrole nitrogens is 1. The van der Waals surface area contributed by atoms with E-state index in [2.05, 4.69) is 10.2 Å². The zero-order valence-electron chi connectivity index (χ0n) is 10.4. The first kappa shape index (κ1) is 12.2. The molecule has 94 valence electrons. The number of amides is 1. The second kappa shape index (κ2) is 4.91. The highest BCUT2D eigenvalue weighted by Gasteiger charge is 2.21. The molecular formula is C13H16N4O. The molecule has 1 aromatic heterocycles. The summed E-state index contributed by atoms with van der Waals surface area (Å²) in [6.07, 6.45) is 1.44. The summed E-state index contributed by atoms with van der Waals surface area (Å²) >= 11 is 0. The van der Waals surface area contributed by atoms with Crippen LogP contribution in [0, 0.1) is 0 Å². The number of carbonyl (C=O) groups excluding carboxylic acids is 1. The van der Waals surface area contributed by atoms with Gasteiger partial charge in [-0.25, -0.2) is 0 Å². The van der Waals surface area contributed by atoms with Gasteiger partial charge in [0.15, 0.2) is 0 Å². The van der Waals surface area contributed by atoms with Gasteiger partial charge in [0, 0.05) is 7.05 Å². The third-order valence-electron chi connectivity index (χ3n) is 3.07. The Balaban J connectivity index is 2.20. The van der Waals surface area contributed by atoms with Crippen LogP contribution in [0.4, 0.5) is 5.69 Å². The molecule has 2 rings (SSSR count). The van der Waals surface area contributed by atoms with Crippen LogP contribution < -0.4 is 5.73 Å². The number of nitrogens with zero attached hydrogens (tertiary/aromatic N) is 2. The molecule has 0 bridgehead atoms. The summed E-state index contributed by atoms with van der Waals surface area (Å²) in [5.41, 5.74) is 7.45. The van der Waals surface area contributed by atoms with Crippen LogP contribution in [0.1, 0.15) is 29.0 Å². The van der Waals surface area contributed by atoms with Gasteiger partial charge in [0.1, 0.15) is 5.69 Å². The van der Waals surface area contributed by atoms with Crippen LogP contribution in [-0.4, -0.2) is 28.1 Å². The Morgan fingerprint density at radius 3 is 2.61 bits per heavy atom. The van der Waals surface area contributed by atoms with Gasteiger partial charge < -0.3 is 10.6 Å². The maximum atomic E-state index is 12.2. The summed E-state index contributed by atoms with van der Waals surface area (Å²) in [6.45, 7) is 1.97. The minimum Gasteiger partial charge on any atom is -0.396 e. The summed E-state index contributed by atoms with van der Waals surface area (Å²) < 4.78 is 0. The average molecular weight is 244 g/mol. The van der Waals surface area contributed by atoms with Crippen molar-refractivity contribution in [3.8, 4) is 0 Å². The molecular weight excluding hydrogens is 228 g/mol. The molecule has 0 aliphatic carbocycles. The van der Waals surface area contributed by atoms with Crippen LogP contribution in [0.2, 0.25) is 0 Å². The molecule has 1 aromatic carbocycles. The van der Waals surface area contributed by atoms with Crippen LogP contribution in [0.5, 0.6) is 0 Å². The van der Waals surface area contributed by atoms with Crippen LogP contribution in [-0.2, 0) is 0 Å². The molecule has 1 amide bonds. The molecule has 0 saturated heterocycles. The van der Waals surface area contributed by atoms with E-state index in [1.807, 2.05) is 37.3 Å². The number of anilines is 1. The second-order valence-electron chi connectivity index (χ2n) is 4.20. The Morgan fingerprint density at radius 1 is 1.39 bits per heavy atom. The van der Waals surface area contributed by atoms with Crippen molar-refractivity contribution < 1.29 is 4.79 Å². The predicted molar refractivity (Wildman–Crippen MR) is 70.0 cm³/mol. The van der Waals surface area contributed by atoms with Gasteiger partial charge in [0.25, 0.3) is 5.91 Å². The zero-order valence-corrected chi connectivity index (χ0v) is 10.4. The molecule has 0 radical (unpaired) electrons. The first-order valence-electron chi connectivity index (χ1n) is 5.72. The number of hydrogen-bond donors (Lipinski definition) is 2. The molecule has 18 heavy (non-hydrogen) atoms. The number of rotatable bonds is 3. The fraction of sp³-hybridized carbons (Fsp3) is 0.231. The lowest BCUT2D eigenvalue weighted by molar-refractivity contribution is 0.0737. The van der Waals surface area contributed by atoms with Gasteiger partial charge in [-0.15, -0.1) is 0 Å². The lowest BCUT2D eigenvalue weighted by atomic mass is 10.1. The van der Waals surface area contributed by atoms with Crippen molar-refractivity contribution in [2.75, 3.05) is 12.8 Å². The van der Waals surface area contributed by atoms with E-state index in [1.165, 1.54) is 6.20 Å². The van der Waals surface area contributed by atoms with Gasteiger partial charge >= 0.3 is 0 Å². The van der Waals surface area contributed by atoms with E-state index >= 15 is 0 Å². The largest absolute Gasteiger partial charge is 0.396 e. The lowest BCUT2D eigenvalue weighted by Crippen LogP contribution is -2.30. The SMILES string of the molecule is CC(c1ccccc1)N(C)C(=O)c1[nH]ncc1N. The molecule has 5 nitrogen and oxygen atoms in total. The van der Waals surface area contributed by atoms with E-state index in [-0.39, 0.29) is 11.9 Å². The molecule has 0 aliphatic heterocycles. The minimum atomic E-state index is -0.165. The first-order chi connectivity index (χ1) is 8.61. The van der Waals surface area contributed by atoms with E-state index in [4.69, 9.17) is 5.73 Å². The third-order valence-corrected chi connectivity index (χ3v) is 3.07. The molecule has 0 spiro atoms. The number of nitrogens with two attached hydrogens (primary N) is 1. The minimum absolute atomic E-state index is 0.0265. The van der Waals surface area contributed by atoms with Gasteiger partial charge in [-0.1, -0.05) is 30.3 Å². The smallest absolute Gasteiger partial charge is 0.274 e. The summed E-state index contributed by atoms with van der Waals surface area (Å²) in [7, 11) is 1.75. The van der Waals surface area contributed by atoms with Crippen molar-refractivity contribution in [1.29, 1.82) is 0 Å². The Morgan fingerprint density at radius 2 is 2.06 bits per heavy atom. The highest BCUT2D eigenvalue weighted by Crippen LogP contribution is 2.21. The third kappa shape index (κ3) is 2.20. The van der Waals surface area contributed by atoms with Gasteiger partial charge in [0.05, 0.1) is 17.9 Å². The van der Waals surface area contributed by atoms with Crippen molar-refractivity contribution in [2.45, 2.75) is 13.0 Å². The van der Waals surface area contributed by atoms with Crippen molar-refractivity contribution in [3.05, 3.63) is 47.8 Å². The molecule has 0 aliphatic rings. The molecule has 1 unspecified atom stereocenters. The maximum absolute atomic E-state index is 12.2. The van der Waals surface area contributed by atoms with E-state index in [0.29, 0.717) is 11.4 Å². The van der Waals surface area contributed by atoms with Crippen molar-refractivity contribution >= 4 is 11.6 Å². The highest BCUT2D eigenvalue weighted by atomic mass is 16.2. The van der Waals surface area contributed by atoms with Gasteiger partial charge in [0.2, 0.25) is 0 Å². The van der Waals surface area contributed by atoms with Crippen molar-refractivity contribution in [1.82, 2.24) is 15.1 Å². The summed E-state index contributed by atoms with van der Waals surface area (Å²) in [4.78, 5) is 13.9. The van der Waals surface area contributed by atoms with E-state index in [0.717, 1.165) is 5.56 Å². The van der Waals surface area contributed by atoms with Crippen LogP contribution in [0.25, 0.3) is 0 Å². The molecule has 2 aromatic rings. The van der Waals surface area contributed by atoms with Crippen molar-refractivity contribution in [2.24, 2.45) is 0 Å². The molecule has 0 saturated carbocycles. The number of aromatic amines is 1. The zero-order chi connectivity index (χ0) is 13.1. The standard InChI is InChI=1S/C13H16N4O/c1-9(10-6-4-3-5-7-10)17(2)13(18)12-11(14)8-15-16-12/h3-9H,14H2,1-2H3,(H,15,16). The van der Waals surface area contributed by atoms with Crippen LogP contribution in [0.15, 0.2) is 36.5 Å². The number of hydrogen-bond acceptors (Lipinski definition) is 3. The Hall–Kier alpha value is -2.30. The normalized spacial score (nSPS) is 12.1. The van der Waals surface area contributed by atoms with Gasteiger partial charge in [-0.3, -0.25) is 9.89 Å². The molecule has 1 atom stereocenters. The average Bonchev–Trinajstić information content (AvgIpc) is 2.83. The Bertz CT molecular complexity index is 535. The quantitative estimate of drug-likeness (QED) is 0.864. The second-order valence-corrected chi connectivity index (χ2v) is 4.20. The fourth-order valence-electron chi connectivity index (χ4n) is 1.77. The molecule has 0 fully saturated rings. The number of benzene rings is 1. The summed E-state index contributed by atoms with van der Waals surface area (Å²) in [5, 5.41) is 6.39. The van der Waals surface area contributed by atoms with Crippen LogP contribution >= 0.6 is 0 Å². The van der Waals surface area contributed by atoms with Crippen LogP contribution in [0.3, 0.4) is 0 Å². The number of aromatic nitrogens is 2. The van der Waals surface area contributed by atoms with E-state index < -0.39 is 0 Å².